The van der Waals surface area contributed by atoms with Gasteiger partial charge in [-0.25, -0.2) is 4.98 Å². The van der Waals surface area contributed by atoms with Crippen molar-refractivity contribution in [3.05, 3.63) is 89.5 Å². The summed E-state index contributed by atoms with van der Waals surface area (Å²) in [5.74, 6) is 1.45. The largest absolute Gasteiger partial charge is 0.496 e. The second-order valence-corrected chi connectivity index (χ2v) is 6.86. The molecular weight excluding hydrogens is 390 g/mol. The molecule has 0 saturated carbocycles. The number of aryl methyl sites for hydroxylation is 1. The fourth-order valence-electron chi connectivity index (χ4n) is 2.96. The SMILES string of the molecule is COc1cc(OCc2ccccn2)ccc1/C=C/c1cc(/C=C/c2cncn2C)[nH]n1. The van der Waals surface area contributed by atoms with Crippen molar-refractivity contribution in [2.75, 3.05) is 7.11 Å². The molecule has 4 aromatic rings. The van der Waals surface area contributed by atoms with E-state index < -0.39 is 0 Å². The molecule has 0 saturated heterocycles. The van der Waals surface area contributed by atoms with Gasteiger partial charge >= 0.3 is 0 Å². The van der Waals surface area contributed by atoms with Crippen molar-refractivity contribution in [3.63, 3.8) is 0 Å². The highest BCUT2D eigenvalue weighted by Crippen LogP contribution is 2.27. The molecule has 1 N–H and O–H groups in total. The number of benzene rings is 1. The molecule has 7 nitrogen and oxygen atoms in total. The van der Waals surface area contributed by atoms with Gasteiger partial charge in [0.1, 0.15) is 18.1 Å². The first-order valence-electron chi connectivity index (χ1n) is 9.80. The molecule has 3 heterocycles. The average Bonchev–Trinajstić information content (AvgIpc) is 3.44. The highest BCUT2D eigenvalue weighted by Gasteiger charge is 2.04. The van der Waals surface area contributed by atoms with E-state index in [9.17, 15) is 0 Å². The lowest BCUT2D eigenvalue weighted by Crippen LogP contribution is -1.98. The minimum atomic E-state index is 0.404. The van der Waals surface area contributed by atoms with Crippen molar-refractivity contribution in [1.29, 1.82) is 0 Å². The van der Waals surface area contributed by atoms with Gasteiger partial charge in [0.2, 0.25) is 0 Å². The molecule has 0 bridgehead atoms. The van der Waals surface area contributed by atoms with Gasteiger partial charge in [-0.3, -0.25) is 10.1 Å². The number of ether oxygens (including phenoxy) is 2. The first-order chi connectivity index (χ1) is 15.2. The van der Waals surface area contributed by atoms with E-state index in [0.29, 0.717) is 6.61 Å². The van der Waals surface area contributed by atoms with E-state index in [4.69, 9.17) is 9.47 Å². The third-order valence-corrected chi connectivity index (χ3v) is 4.66. The lowest BCUT2D eigenvalue weighted by molar-refractivity contribution is 0.299. The standard InChI is InChI=1S/C24H23N5O2/c1-29-17-25-15-22(29)10-9-20-13-19(27-28-20)8-6-18-7-11-23(14-24(18)30-2)31-16-21-5-3-4-12-26-21/h3-15,17H,16H2,1-2H3,(H,27,28)/b8-6+,10-9+. The minimum Gasteiger partial charge on any atom is -0.496 e. The van der Waals surface area contributed by atoms with Crippen molar-refractivity contribution in [3.8, 4) is 11.5 Å². The third-order valence-electron chi connectivity index (χ3n) is 4.66. The summed E-state index contributed by atoms with van der Waals surface area (Å²) in [7, 11) is 3.60. The smallest absolute Gasteiger partial charge is 0.130 e. The molecule has 0 atom stereocenters. The van der Waals surface area contributed by atoms with Crippen molar-refractivity contribution in [1.82, 2.24) is 24.7 Å². The summed E-state index contributed by atoms with van der Waals surface area (Å²) in [6.07, 6.45) is 13.2. The van der Waals surface area contributed by atoms with Crippen molar-refractivity contribution in [2.45, 2.75) is 6.61 Å². The maximum atomic E-state index is 5.82. The van der Waals surface area contributed by atoms with Gasteiger partial charge in [0, 0.05) is 24.9 Å². The summed E-state index contributed by atoms with van der Waals surface area (Å²) in [4.78, 5) is 8.37. The van der Waals surface area contributed by atoms with Gasteiger partial charge in [-0.1, -0.05) is 6.07 Å². The van der Waals surface area contributed by atoms with E-state index >= 15 is 0 Å². The zero-order valence-electron chi connectivity index (χ0n) is 17.4. The number of nitrogens with one attached hydrogen (secondary N) is 1. The van der Waals surface area contributed by atoms with Crippen LogP contribution in [-0.2, 0) is 13.7 Å². The van der Waals surface area contributed by atoms with Crippen LogP contribution in [0.2, 0.25) is 0 Å². The van der Waals surface area contributed by atoms with Crippen LogP contribution in [-0.4, -0.2) is 31.8 Å². The highest BCUT2D eigenvalue weighted by atomic mass is 16.5. The predicted octanol–water partition coefficient (Wildman–Crippen LogP) is 4.47. The Labute approximate surface area is 180 Å². The molecule has 0 aliphatic rings. The first-order valence-corrected chi connectivity index (χ1v) is 9.80. The number of nitrogens with zero attached hydrogens (tertiary/aromatic N) is 4. The average molecular weight is 413 g/mol. The number of hydrogen-bond donors (Lipinski definition) is 1. The second-order valence-electron chi connectivity index (χ2n) is 6.86. The van der Waals surface area contributed by atoms with Gasteiger partial charge < -0.3 is 14.0 Å². The highest BCUT2D eigenvalue weighted by molar-refractivity contribution is 5.73. The fourth-order valence-corrected chi connectivity index (χ4v) is 2.96. The molecular formula is C24H23N5O2. The quantitative estimate of drug-likeness (QED) is 0.461. The zero-order chi connectivity index (χ0) is 21.5. The number of hydrogen-bond acceptors (Lipinski definition) is 5. The maximum Gasteiger partial charge on any atom is 0.130 e. The van der Waals surface area contributed by atoms with Crippen LogP contribution in [0.5, 0.6) is 11.5 Å². The Balaban J connectivity index is 1.42. The van der Waals surface area contributed by atoms with Crippen LogP contribution in [0.1, 0.15) is 28.3 Å². The lowest BCUT2D eigenvalue weighted by atomic mass is 10.1. The number of imidazole rings is 1. The van der Waals surface area contributed by atoms with E-state index in [1.807, 2.05) is 84.6 Å². The van der Waals surface area contributed by atoms with Crippen molar-refractivity contribution >= 4 is 24.3 Å². The van der Waals surface area contributed by atoms with Gasteiger partial charge in [-0.15, -0.1) is 0 Å². The number of pyridine rings is 1. The van der Waals surface area contributed by atoms with Crippen LogP contribution >= 0.6 is 0 Å². The Morgan fingerprint density at radius 2 is 2.00 bits per heavy atom. The molecule has 7 heteroatoms. The molecule has 0 radical (unpaired) electrons. The van der Waals surface area contributed by atoms with Crippen LogP contribution in [0.15, 0.2) is 61.2 Å². The fraction of sp³-hybridized carbons (Fsp3) is 0.125. The van der Waals surface area contributed by atoms with E-state index in [0.717, 1.165) is 39.8 Å². The number of rotatable bonds is 8. The van der Waals surface area contributed by atoms with Crippen molar-refractivity contribution < 1.29 is 9.47 Å². The van der Waals surface area contributed by atoms with Gasteiger partial charge in [0.05, 0.1) is 42.4 Å². The van der Waals surface area contributed by atoms with E-state index in [1.54, 1.807) is 19.6 Å². The molecule has 0 spiro atoms. The summed E-state index contributed by atoms with van der Waals surface area (Å²) >= 11 is 0. The topological polar surface area (TPSA) is 77.9 Å². The maximum absolute atomic E-state index is 5.82. The van der Waals surface area contributed by atoms with Gasteiger partial charge in [0.15, 0.2) is 0 Å². The molecule has 0 aliphatic carbocycles. The molecule has 0 aliphatic heterocycles. The molecule has 0 unspecified atom stereocenters. The Bertz CT molecular complexity index is 1190. The number of aromatic nitrogens is 5. The monoisotopic (exact) mass is 413 g/mol. The van der Waals surface area contributed by atoms with Gasteiger partial charge in [0.25, 0.3) is 0 Å². The van der Waals surface area contributed by atoms with E-state index in [-0.39, 0.29) is 0 Å². The molecule has 4 rings (SSSR count). The minimum absolute atomic E-state index is 0.404. The predicted molar refractivity (Wildman–Crippen MR) is 121 cm³/mol. The van der Waals surface area contributed by atoms with Crippen molar-refractivity contribution in [2.24, 2.45) is 7.05 Å². The van der Waals surface area contributed by atoms with E-state index in [1.165, 1.54) is 0 Å². The molecule has 31 heavy (non-hydrogen) atoms. The summed E-state index contributed by atoms with van der Waals surface area (Å²) in [5, 5.41) is 7.35. The summed E-state index contributed by atoms with van der Waals surface area (Å²) in [5.41, 5.74) is 4.55. The van der Waals surface area contributed by atoms with Gasteiger partial charge in [-0.05, 0) is 54.6 Å². The normalized spacial score (nSPS) is 11.4. The number of methoxy groups -OCH3 is 1. The van der Waals surface area contributed by atoms with Crippen LogP contribution in [0, 0.1) is 0 Å². The van der Waals surface area contributed by atoms with Crippen LogP contribution in [0.25, 0.3) is 24.3 Å². The third kappa shape index (κ3) is 5.27. The van der Waals surface area contributed by atoms with Gasteiger partial charge in [-0.2, -0.15) is 5.10 Å². The van der Waals surface area contributed by atoms with Crippen LogP contribution in [0.3, 0.4) is 0 Å². The van der Waals surface area contributed by atoms with Crippen LogP contribution in [0.4, 0.5) is 0 Å². The lowest BCUT2D eigenvalue weighted by Gasteiger charge is -2.09. The van der Waals surface area contributed by atoms with Crippen LogP contribution < -0.4 is 9.47 Å². The Morgan fingerprint density at radius 3 is 2.77 bits per heavy atom. The van der Waals surface area contributed by atoms with E-state index in [2.05, 4.69) is 20.2 Å². The Morgan fingerprint density at radius 1 is 1.06 bits per heavy atom. The summed E-state index contributed by atoms with van der Waals surface area (Å²) in [6, 6.07) is 13.5. The molecule has 1 aromatic carbocycles. The molecule has 0 fully saturated rings. The molecule has 3 aromatic heterocycles. The second kappa shape index (κ2) is 9.58. The summed E-state index contributed by atoms with van der Waals surface area (Å²) < 4.78 is 13.3. The molecule has 0 amide bonds. The first kappa shape index (κ1) is 20.2. The zero-order valence-corrected chi connectivity index (χ0v) is 17.4. The summed E-state index contributed by atoms with van der Waals surface area (Å²) in [6.45, 7) is 0.404. The Hall–Kier alpha value is -4.13. The number of aromatic amines is 1. The number of H-pyrrole nitrogens is 1. The molecule has 156 valence electrons. The Kier molecular flexibility index (Phi) is 6.23.